The van der Waals surface area contributed by atoms with Gasteiger partial charge in [0, 0.05) is 62.0 Å². The smallest absolute Gasteiger partial charge is 0.145 e. The standard InChI is InChI=1S/C38H21N3O/c1-3-10-33-25(6-1)29-18-22(23-13-15-36-30(19-23)26-7-2-4-11-35(26)42-36)12-14-34(29)41(33)38-28-9-5-8-27-24-16-17-39-20-31(24)32(21-40-38)37(27)28/h1-21H. The van der Waals surface area contributed by atoms with Crippen LogP contribution < -0.4 is 0 Å². The van der Waals surface area contributed by atoms with Crippen LogP contribution >= 0.6 is 0 Å². The SMILES string of the molecule is c1ccc2c(c1)oc1ccc(-c3ccc4c(c3)c3ccccc3n4-c3ncc4c5c(cccc35)-c3ccncc3-4)cc12. The molecule has 4 aromatic heterocycles. The Morgan fingerprint density at radius 3 is 2.21 bits per heavy atom. The van der Waals surface area contributed by atoms with Crippen LogP contribution in [0, 0.1) is 0 Å². The zero-order valence-electron chi connectivity index (χ0n) is 22.4. The van der Waals surface area contributed by atoms with Gasteiger partial charge in [0.2, 0.25) is 0 Å². The summed E-state index contributed by atoms with van der Waals surface area (Å²) >= 11 is 0. The molecule has 0 radical (unpaired) electrons. The largest absolute Gasteiger partial charge is 0.456 e. The second-order valence-electron chi connectivity index (χ2n) is 11.0. The Balaban J connectivity index is 1.22. The number of rotatable bonds is 2. The Bertz CT molecular complexity index is 2560. The summed E-state index contributed by atoms with van der Waals surface area (Å²) in [6.07, 6.45) is 5.85. The van der Waals surface area contributed by atoms with E-state index in [0.29, 0.717) is 0 Å². The van der Waals surface area contributed by atoms with Crippen LogP contribution in [0.3, 0.4) is 0 Å². The highest BCUT2D eigenvalue weighted by Crippen LogP contribution is 2.48. The summed E-state index contributed by atoms with van der Waals surface area (Å²) in [6, 6.07) is 38.8. The van der Waals surface area contributed by atoms with E-state index < -0.39 is 0 Å². The lowest BCUT2D eigenvalue weighted by atomic mass is 10.0. The lowest BCUT2D eigenvalue weighted by Crippen LogP contribution is -1.99. The van der Waals surface area contributed by atoms with Crippen molar-refractivity contribution in [3.63, 3.8) is 0 Å². The third-order valence-electron chi connectivity index (χ3n) is 8.89. The molecule has 4 nitrogen and oxygen atoms in total. The first kappa shape index (κ1) is 22.0. The van der Waals surface area contributed by atoms with Gasteiger partial charge in [0.25, 0.3) is 0 Å². The van der Waals surface area contributed by atoms with Crippen molar-refractivity contribution < 1.29 is 4.42 Å². The minimum absolute atomic E-state index is 0.911. The number of nitrogens with zero attached hydrogens (tertiary/aromatic N) is 3. The zero-order chi connectivity index (χ0) is 27.4. The van der Waals surface area contributed by atoms with E-state index in [-0.39, 0.29) is 0 Å². The van der Waals surface area contributed by atoms with E-state index in [4.69, 9.17) is 9.40 Å². The van der Waals surface area contributed by atoms with Crippen LogP contribution in [0.15, 0.2) is 132 Å². The molecule has 9 aromatic rings. The van der Waals surface area contributed by atoms with Crippen LogP contribution in [-0.4, -0.2) is 14.5 Å². The van der Waals surface area contributed by atoms with Crippen LogP contribution in [0.25, 0.3) is 93.7 Å². The van der Waals surface area contributed by atoms with E-state index in [0.717, 1.165) is 55.3 Å². The Labute approximate surface area is 240 Å². The average molecular weight is 536 g/mol. The number of para-hydroxylation sites is 2. The molecule has 0 fully saturated rings. The van der Waals surface area contributed by atoms with Gasteiger partial charge in [-0.1, -0.05) is 66.7 Å². The highest BCUT2D eigenvalue weighted by atomic mass is 16.3. The molecule has 4 heteroatoms. The molecule has 0 bridgehead atoms. The molecule has 1 aliphatic rings. The fraction of sp³-hybridized carbons (Fsp3) is 0. The number of aromatic nitrogens is 3. The van der Waals surface area contributed by atoms with Gasteiger partial charge >= 0.3 is 0 Å². The van der Waals surface area contributed by atoms with Crippen molar-refractivity contribution >= 4 is 54.5 Å². The predicted octanol–water partition coefficient (Wildman–Crippen LogP) is 9.94. The van der Waals surface area contributed by atoms with E-state index in [9.17, 15) is 0 Å². The van der Waals surface area contributed by atoms with Crippen molar-refractivity contribution in [2.24, 2.45) is 0 Å². The fourth-order valence-electron chi connectivity index (χ4n) is 7.03. The molecule has 0 saturated heterocycles. The Kier molecular flexibility index (Phi) is 4.15. The van der Waals surface area contributed by atoms with Gasteiger partial charge in [0.1, 0.15) is 17.0 Å². The molecule has 42 heavy (non-hydrogen) atoms. The van der Waals surface area contributed by atoms with Gasteiger partial charge in [0.15, 0.2) is 0 Å². The molecule has 0 aliphatic heterocycles. The minimum Gasteiger partial charge on any atom is -0.456 e. The van der Waals surface area contributed by atoms with E-state index in [1.807, 2.05) is 30.7 Å². The molecule has 0 saturated carbocycles. The molecule has 0 amide bonds. The summed E-state index contributed by atoms with van der Waals surface area (Å²) in [6.45, 7) is 0. The van der Waals surface area contributed by atoms with Gasteiger partial charge in [-0.25, -0.2) is 4.98 Å². The monoisotopic (exact) mass is 535 g/mol. The number of furan rings is 1. The maximum atomic E-state index is 6.09. The van der Waals surface area contributed by atoms with Gasteiger partial charge < -0.3 is 4.42 Å². The first-order valence-corrected chi connectivity index (χ1v) is 14.2. The number of pyridine rings is 2. The van der Waals surface area contributed by atoms with Gasteiger partial charge in [0.05, 0.1) is 11.0 Å². The van der Waals surface area contributed by atoms with Gasteiger partial charge in [-0.2, -0.15) is 0 Å². The van der Waals surface area contributed by atoms with Crippen molar-refractivity contribution in [3.05, 3.63) is 128 Å². The first-order chi connectivity index (χ1) is 20.8. The zero-order valence-corrected chi connectivity index (χ0v) is 22.4. The van der Waals surface area contributed by atoms with Gasteiger partial charge in [-0.3, -0.25) is 9.55 Å². The van der Waals surface area contributed by atoms with Crippen LogP contribution in [0.2, 0.25) is 0 Å². The van der Waals surface area contributed by atoms with Crippen LogP contribution in [-0.2, 0) is 0 Å². The van der Waals surface area contributed by atoms with E-state index in [1.54, 1.807) is 0 Å². The molecular weight excluding hydrogens is 514 g/mol. The quantitative estimate of drug-likeness (QED) is 0.221. The summed E-state index contributed by atoms with van der Waals surface area (Å²) < 4.78 is 8.41. The van der Waals surface area contributed by atoms with Crippen molar-refractivity contribution in [2.75, 3.05) is 0 Å². The lowest BCUT2D eigenvalue weighted by molar-refractivity contribution is 0.669. The molecule has 5 aromatic carbocycles. The highest BCUT2D eigenvalue weighted by molar-refractivity contribution is 6.18. The predicted molar refractivity (Wildman–Crippen MR) is 171 cm³/mol. The second-order valence-corrected chi connectivity index (χ2v) is 11.0. The molecule has 0 atom stereocenters. The number of hydrogen-bond donors (Lipinski definition) is 0. The Morgan fingerprint density at radius 2 is 1.26 bits per heavy atom. The third-order valence-corrected chi connectivity index (χ3v) is 8.89. The van der Waals surface area contributed by atoms with Gasteiger partial charge in [-0.05, 0) is 64.7 Å². The summed E-state index contributed by atoms with van der Waals surface area (Å²) in [4.78, 5) is 9.52. The topological polar surface area (TPSA) is 43.9 Å². The van der Waals surface area contributed by atoms with Crippen LogP contribution in [0.4, 0.5) is 0 Å². The summed E-state index contributed by atoms with van der Waals surface area (Å²) in [5.41, 5.74) is 11.2. The van der Waals surface area contributed by atoms with Crippen LogP contribution in [0.1, 0.15) is 0 Å². The third kappa shape index (κ3) is 2.80. The Hall–Kier alpha value is -5.74. The molecule has 0 spiro atoms. The Morgan fingerprint density at radius 1 is 0.500 bits per heavy atom. The summed E-state index contributed by atoms with van der Waals surface area (Å²) in [5.74, 6) is 0.946. The molecule has 1 aliphatic carbocycles. The maximum Gasteiger partial charge on any atom is 0.145 e. The van der Waals surface area contributed by atoms with E-state index in [2.05, 4.69) is 107 Å². The van der Waals surface area contributed by atoms with Gasteiger partial charge in [-0.15, -0.1) is 0 Å². The normalized spacial score (nSPS) is 12.3. The number of hydrogen-bond acceptors (Lipinski definition) is 3. The van der Waals surface area contributed by atoms with Crippen molar-refractivity contribution in [3.8, 4) is 39.2 Å². The van der Waals surface area contributed by atoms with Crippen molar-refractivity contribution in [2.45, 2.75) is 0 Å². The molecule has 0 unspecified atom stereocenters. The summed E-state index contributed by atoms with van der Waals surface area (Å²) in [7, 11) is 0. The average Bonchev–Trinajstić information content (AvgIpc) is 3.70. The van der Waals surface area contributed by atoms with E-state index >= 15 is 0 Å². The lowest BCUT2D eigenvalue weighted by Gasteiger charge is -2.12. The number of benzene rings is 5. The maximum absolute atomic E-state index is 6.09. The minimum atomic E-state index is 0.911. The van der Waals surface area contributed by atoms with Crippen LogP contribution in [0.5, 0.6) is 0 Å². The van der Waals surface area contributed by atoms with Crippen molar-refractivity contribution in [1.82, 2.24) is 14.5 Å². The van der Waals surface area contributed by atoms with E-state index in [1.165, 1.54) is 38.4 Å². The summed E-state index contributed by atoms with van der Waals surface area (Å²) in [5, 5.41) is 7.08. The molecule has 0 N–H and O–H groups in total. The molecule has 10 rings (SSSR count). The molecule has 194 valence electrons. The first-order valence-electron chi connectivity index (χ1n) is 14.2. The second kappa shape index (κ2) is 7.93. The number of fused-ring (bicyclic) bond motifs is 9. The highest BCUT2D eigenvalue weighted by Gasteiger charge is 2.25. The molecule has 4 heterocycles. The molecular formula is C38H21N3O. The fourth-order valence-corrected chi connectivity index (χ4v) is 7.03. The van der Waals surface area contributed by atoms with Crippen molar-refractivity contribution in [1.29, 1.82) is 0 Å².